The quantitative estimate of drug-likeness (QED) is 0.726. The minimum Gasteiger partial charge on any atom is -0.480 e. The fourth-order valence-electron chi connectivity index (χ4n) is 0.944. The molecule has 3 nitrogen and oxygen atoms in total. The molecule has 0 unspecified atom stereocenters. The fourth-order valence-corrected chi connectivity index (χ4v) is 1.90. The number of thioether (sulfide) groups is 1. The lowest BCUT2D eigenvalue weighted by Gasteiger charge is -2.05. The smallest absolute Gasteiger partial charge is 0.320 e. The van der Waals surface area contributed by atoms with Gasteiger partial charge in [-0.3, -0.25) is 4.79 Å². The minimum atomic E-state index is -0.932. The van der Waals surface area contributed by atoms with E-state index in [0.717, 1.165) is 10.6 Å². The lowest BCUT2D eigenvalue weighted by atomic mass is 10.2. The molecule has 0 heterocycles. The van der Waals surface area contributed by atoms with Crippen molar-refractivity contribution < 1.29 is 9.90 Å². The van der Waals surface area contributed by atoms with Gasteiger partial charge in [0.05, 0.1) is 0 Å². The highest BCUT2D eigenvalue weighted by Gasteiger charge is 2.10. The van der Waals surface area contributed by atoms with Gasteiger partial charge in [-0.2, -0.15) is 0 Å². The molecule has 4 heteroatoms. The predicted octanol–water partition coefficient (Wildman–Crippen LogP) is 1.58. The third kappa shape index (κ3) is 3.81. The van der Waals surface area contributed by atoms with E-state index in [0.29, 0.717) is 6.42 Å². The first-order valence-electron chi connectivity index (χ1n) is 4.36. The topological polar surface area (TPSA) is 63.3 Å². The van der Waals surface area contributed by atoms with Gasteiger partial charge in [0.25, 0.3) is 0 Å². The lowest BCUT2D eigenvalue weighted by Crippen LogP contribution is -2.30. The van der Waals surface area contributed by atoms with Crippen LogP contribution in [0, 0.1) is 0 Å². The molecule has 1 atom stereocenters. The number of hydrogen-bond donors (Lipinski definition) is 2. The Hall–Kier alpha value is -1.00. The summed E-state index contributed by atoms with van der Waals surface area (Å²) in [4.78, 5) is 11.6. The number of carbonyl (C=O) groups is 1. The van der Waals surface area contributed by atoms with Crippen molar-refractivity contribution in [2.24, 2.45) is 5.73 Å². The van der Waals surface area contributed by atoms with Crippen LogP contribution in [-0.4, -0.2) is 22.9 Å². The molecule has 0 aromatic heterocycles. The molecule has 0 aliphatic heterocycles. The summed E-state index contributed by atoms with van der Waals surface area (Å²) in [7, 11) is 0. The van der Waals surface area contributed by atoms with E-state index in [-0.39, 0.29) is 0 Å². The Morgan fingerprint density at radius 2 is 2.07 bits per heavy atom. The number of carboxylic acid groups (broad SMARTS) is 1. The summed E-state index contributed by atoms with van der Waals surface area (Å²) in [5, 5.41) is 8.54. The summed E-state index contributed by atoms with van der Waals surface area (Å²) in [5.41, 5.74) is 5.37. The van der Waals surface area contributed by atoms with Crippen molar-refractivity contribution in [3.63, 3.8) is 0 Å². The van der Waals surface area contributed by atoms with Crippen LogP contribution in [-0.2, 0) is 4.79 Å². The average molecular weight is 211 g/mol. The van der Waals surface area contributed by atoms with Crippen molar-refractivity contribution in [3.05, 3.63) is 30.3 Å². The molecule has 3 N–H and O–H groups in total. The van der Waals surface area contributed by atoms with E-state index < -0.39 is 12.0 Å². The Morgan fingerprint density at radius 3 is 2.64 bits per heavy atom. The van der Waals surface area contributed by atoms with Gasteiger partial charge in [-0.25, -0.2) is 0 Å². The number of rotatable bonds is 5. The summed E-state index contributed by atoms with van der Waals surface area (Å²) in [6.07, 6.45) is 0.495. The van der Waals surface area contributed by atoms with Gasteiger partial charge >= 0.3 is 5.97 Å². The van der Waals surface area contributed by atoms with Crippen LogP contribution in [0.25, 0.3) is 0 Å². The fraction of sp³-hybridized carbons (Fsp3) is 0.300. The number of nitrogens with two attached hydrogens (primary N) is 1. The zero-order valence-corrected chi connectivity index (χ0v) is 8.54. The molecule has 0 saturated heterocycles. The molecular formula is C10H13NO2S. The van der Waals surface area contributed by atoms with Crippen molar-refractivity contribution in [1.82, 2.24) is 0 Å². The van der Waals surface area contributed by atoms with Crippen LogP contribution < -0.4 is 5.73 Å². The van der Waals surface area contributed by atoms with E-state index in [4.69, 9.17) is 10.8 Å². The van der Waals surface area contributed by atoms with Gasteiger partial charge in [-0.05, 0) is 18.6 Å². The summed E-state index contributed by atoms with van der Waals surface area (Å²) < 4.78 is 0. The first kappa shape index (κ1) is 11.1. The Kier molecular flexibility index (Phi) is 4.49. The Labute approximate surface area is 87.3 Å². The third-order valence-corrected chi connectivity index (χ3v) is 2.80. The van der Waals surface area contributed by atoms with Crippen molar-refractivity contribution >= 4 is 17.7 Å². The summed E-state index contributed by atoms with van der Waals surface area (Å²) in [6.45, 7) is 0. The maximum absolute atomic E-state index is 10.4. The van der Waals surface area contributed by atoms with Gasteiger partial charge in [0.15, 0.2) is 0 Å². The maximum Gasteiger partial charge on any atom is 0.320 e. The second-order valence-corrected chi connectivity index (χ2v) is 4.06. The summed E-state index contributed by atoms with van der Waals surface area (Å²) in [5.74, 6) is -0.198. The first-order valence-corrected chi connectivity index (χ1v) is 5.35. The van der Waals surface area contributed by atoms with E-state index in [9.17, 15) is 4.79 Å². The Morgan fingerprint density at radius 1 is 1.43 bits per heavy atom. The molecule has 0 amide bonds. The van der Waals surface area contributed by atoms with Gasteiger partial charge < -0.3 is 10.8 Å². The number of benzene rings is 1. The molecule has 0 radical (unpaired) electrons. The second-order valence-electron chi connectivity index (χ2n) is 2.89. The molecule has 0 spiro atoms. The van der Waals surface area contributed by atoms with Crippen molar-refractivity contribution in [3.8, 4) is 0 Å². The van der Waals surface area contributed by atoms with Crippen LogP contribution in [0.15, 0.2) is 35.2 Å². The third-order valence-electron chi connectivity index (χ3n) is 1.76. The van der Waals surface area contributed by atoms with Crippen LogP contribution in [0.2, 0.25) is 0 Å². The molecule has 0 bridgehead atoms. The molecule has 0 aliphatic rings. The first-order chi connectivity index (χ1) is 6.70. The number of aliphatic carboxylic acids is 1. The summed E-state index contributed by atoms with van der Waals surface area (Å²) in [6, 6.07) is 9.12. The molecule has 0 saturated carbocycles. The van der Waals surface area contributed by atoms with Gasteiger partial charge in [0, 0.05) is 10.6 Å². The highest BCUT2D eigenvalue weighted by Crippen LogP contribution is 2.17. The van der Waals surface area contributed by atoms with Gasteiger partial charge in [-0.1, -0.05) is 18.2 Å². The zero-order valence-electron chi connectivity index (χ0n) is 7.72. The second kappa shape index (κ2) is 5.67. The zero-order chi connectivity index (χ0) is 10.4. The monoisotopic (exact) mass is 211 g/mol. The molecule has 14 heavy (non-hydrogen) atoms. The molecule has 1 aromatic carbocycles. The van der Waals surface area contributed by atoms with Gasteiger partial charge in [0.2, 0.25) is 0 Å². The van der Waals surface area contributed by atoms with E-state index in [1.165, 1.54) is 0 Å². The molecule has 0 aliphatic carbocycles. The van der Waals surface area contributed by atoms with Crippen LogP contribution >= 0.6 is 11.8 Å². The lowest BCUT2D eigenvalue weighted by molar-refractivity contribution is -0.138. The highest BCUT2D eigenvalue weighted by molar-refractivity contribution is 7.99. The SMILES string of the molecule is N[C@H](CCSc1ccccc1)C(=O)O. The molecule has 1 aromatic rings. The Bertz CT molecular complexity index is 289. The van der Waals surface area contributed by atoms with Crippen LogP contribution in [0.4, 0.5) is 0 Å². The van der Waals surface area contributed by atoms with Crippen molar-refractivity contribution in [1.29, 1.82) is 0 Å². The van der Waals surface area contributed by atoms with Crippen LogP contribution in [0.3, 0.4) is 0 Å². The number of carboxylic acids is 1. The maximum atomic E-state index is 10.4. The van der Waals surface area contributed by atoms with Gasteiger partial charge in [0.1, 0.15) is 6.04 Å². The largest absolute Gasteiger partial charge is 0.480 e. The normalized spacial score (nSPS) is 12.4. The van der Waals surface area contributed by atoms with Crippen LogP contribution in [0.5, 0.6) is 0 Å². The number of hydrogen-bond acceptors (Lipinski definition) is 3. The molecular weight excluding hydrogens is 198 g/mol. The molecule has 1 rings (SSSR count). The average Bonchev–Trinajstić information content (AvgIpc) is 2.19. The van der Waals surface area contributed by atoms with E-state index in [1.54, 1.807) is 11.8 Å². The highest BCUT2D eigenvalue weighted by atomic mass is 32.2. The van der Waals surface area contributed by atoms with Crippen LogP contribution in [0.1, 0.15) is 6.42 Å². The summed E-state index contributed by atoms with van der Waals surface area (Å²) >= 11 is 1.62. The van der Waals surface area contributed by atoms with Gasteiger partial charge in [-0.15, -0.1) is 11.8 Å². The van der Waals surface area contributed by atoms with E-state index in [2.05, 4.69) is 0 Å². The Balaban J connectivity index is 2.26. The van der Waals surface area contributed by atoms with Crippen molar-refractivity contribution in [2.45, 2.75) is 17.4 Å². The predicted molar refractivity (Wildman–Crippen MR) is 57.4 cm³/mol. The molecule has 0 fully saturated rings. The molecule has 76 valence electrons. The van der Waals surface area contributed by atoms with E-state index in [1.807, 2.05) is 30.3 Å². The van der Waals surface area contributed by atoms with Crippen molar-refractivity contribution in [2.75, 3.05) is 5.75 Å². The minimum absolute atomic E-state index is 0.495. The standard InChI is InChI=1S/C10H13NO2S/c11-9(10(12)13)6-7-14-8-4-2-1-3-5-8/h1-5,9H,6-7,11H2,(H,12,13)/t9-/m1/s1. The van der Waals surface area contributed by atoms with E-state index >= 15 is 0 Å².